The summed E-state index contributed by atoms with van der Waals surface area (Å²) >= 11 is 1.48. The van der Waals surface area contributed by atoms with E-state index >= 15 is 0 Å². The van der Waals surface area contributed by atoms with E-state index in [1.54, 1.807) is 6.07 Å². The zero-order valence-corrected chi connectivity index (χ0v) is 15.7. The number of nitrogens with zero attached hydrogens (tertiary/aromatic N) is 2. The molecule has 0 spiro atoms. The van der Waals surface area contributed by atoms with Crippen molar-refractivity contribution in [2.75, 3.05) is 18.5 Å². The van der Waals surface area contributed by atoms with Gasteiger partial charge in [0.25, 0.3) is 0 Å². The van der Waals surface area contributed by atoms with Crippen molar-refractivity contribution in [3.63, 3.8) is 0 Å². The Hall–Kier alpha value is -2.67. The molecule has 0 bridgehead atoms. The molecule has 2 aromatic heterocycles. The number of anilines is 1. The van der Waals surface area contributed by atoms with Gasteiger partial charge in [0.05, 0.1) is 11.3 Å². The number of aromatic nitrogens is 1. The van der Waals surface area contributed by atoms with Gasteiger partial charge in [-0.05, 0) is 38.5 Å². The van der Waals surface area contributed by atoms with Crippen LogP contribution in [-0.4, -0.2) is 29.7 Å². The van der Waals surface area contributed by atoms with Crippen molar-refractivity contribution in [3.8, 4) is 10.6 Å². The number of hydrogen-bond donors (Lipinski definition) is 1. The molecule has 1 aromatic carbocycles. The Kier molecular flexibility index (Phi) is 5.08. The summed E-state index contributed by atoms with van der Waals surface area (Å²) < 4.78 is 5.52. The molecule has 0 atom stereocenters. The molecule has 0 fully saturated rings. The second-order valence-corrected chi connectivity index (χ2v) is 7.45. The lowest BCUT2D eigenvalue weighted by atomic mass is 10.1. The molecule has 26 heavy (non-hydrogen) atoms. The predicted molar refractivity (Wildman–Crippen MR) is 103 cm³/mol. The van der Waals surface area contributed by atoms with Gasteiger partial charge in [-0.15, -0.1) is 11.3 Å². The third kappa shape index (κ3) is 3.77. The third-order valence-corrected chi connectivity index (χ3v) is 5.41. The van der Waals surface area contributed by atoms with Crippen LogP contribution in [0.1, 0.15) is 23.4 Å². The van der Waals surface area contributed by atoms with Crippen LogP contribution in [0.5, 0.6) is 0 Å². The van der Waals surface area contributed by atoms with Crippen LogP contribution in [0, 0.1) is 13.8 Å². The lowest BCUT2D eigenvalue weighted by molar-refractivity contribution is -0.137. The number of aryl methyl sites for hydroxylation is 2. The highest BCUT2D eigenvalue weighted by molar-refractivity contribution is 7.15. The fourth-order valence-corrected chi connectivity index (χ4v) is 3.59. The Morgan fingerprint density at radius 3 is 2.73 bits per heavy atom. The van der Waals surface area contributed by atoms with Gasteiger partial charge in [0.2, 0.25) is 0 Å². The molecule has 0 unspecified atom stereocenters. The van der Waals surface area contributed by atoms with Gasteiger partial charge < -0.3 is 14.4 Å². The summed E-state index contributed by atoms with van der Waals surface area (Å²) in [5.74, 6) is -0.803. The summed E-state index contributed by atoms with van der Waals surface area (Å²) in [6.07, 6.45) is 0.679. The highest BCUT2D eigenvalue weighted by atomic mass is 32.1. The Labute approximate surface area is 154 Å². The summed E-state index contributed by atoms with van der Waals surface area (Å²) in [5.41, 5.74) is 2.37. The molecule has 0 radical (unpaired) electrons. The van der Waals surface area contributed by atoms with Gasteiger partial charge in [0.15, 0.2) is 0 Å². The van der Waals surface area contributed by atoms with E-state index in [9.17, 15) is 9.59 Å². The molecule has 2 heterocycles. The van der Waals surface area contributed by atoms with E-state index in [0.717, 1.165) is 21.6 Å². The molecule has 0 saturated heterocycles. The van der Waals surface area contributed by atoms with Gasteiger partial charge in [-0.1, -0.05) is 0 Å². The zero-order valence-electron chi connectivity index (χ0n) is 14.9. The Morgan fingerprint density at radius 1 is 1.31 bits per heavy atom. The molecular formula is C19H20N2O4S. The van der Waals surface area contributed by atoms with Crippen molar-refractivity contribution in [1.29, 1.82) is 0 Å². The Morgan fingerprint density at radius 2 is 2.08 bits per heavy atom. The maximum Gasteiger partial charge on any atom is 0.346 e. The molecule has 0 amide bonds. The minimum atomic E-state index is -0.803. The Balaban J connectivity index is 1.90. The molecular weight excluding hydrogens is 352 g/mol. The van der Waals surface area contributed by atoms with Crippen LogP contribution in [-0.2, 0) is 4.79 Å². The molecule has 0 aliphatic carbocycles. The standard InChI is InChI=1S/C19H20N2O4S/c1-11-12(2)26-18(20-11)15-9-13-6-7-14(10-16(13)25-19(15)24)21(3)8-4-5-17(22)23/h6-7,9-10H,4-5,8H2,1-3H3,(H,22,23). The maximum absolute atomic E-state index is 12.4. The van der Waals surface area contributed by atoms with Crippen molar-refractivity contribution in [1.82, 2.24) is 4.98 Å². The highest BCUT2D eigenvalue weighted by Crippen LogP contribution is 2.28. The van der Waals surface area contributed by atoms with Crippen LogP contribution in [0.3, 0.4) is 0 Å². The smallest absolute Gasteiger partial charge is 0.346 e. The van der Waals surface area contributed by atoms with E-state index in [4.69, 9.17) is 9.52 Å². The summed E-state index contributed by atoms with van der Waals surface area (Å²) in [5, 5.41) is 10.2. The summed E-state index contributed by atoms with van der Waals surface area (Å²) in [4.78, 5) is 30.5. The van der Waals surface area contributed by atoms with E-state index < -0.39 is 11.6 Å². The van der Waals surface area contributed by atoms with Crippen LogP contribution >= 0.6 is 11.3 Å². The number of carboxylic acids is 1. The van der Waals surface area contributed by atoms with Crippen LogP contribution in [0.25, 0.3) is 21.5 Å². The lowest BCUT2D eigenvalue weighted by Crippen LogP contribution is -2.19. The average molecular weight is 372 g/mol. The second kappa shape index (κ2) is 7.29. The number of hydrogen-bond acceptors (Lipinski definition) is 6. The molecule has 0 saturated carbocycles. The van der Waals surface area contributed by atoms with Gasteiger partial charge in [-0.3, -0.25) is 4.79 Å². The topological polar surface area (TPSA) is 83.6 Å². The summed E-state index contributed by atoms with van der Waals surface area (Å²) in [6.45, 7) is 4.51. The van der Waals surface area contributed by atoms with Gasteiger partial charge in [0.1, 0.15) is 10.6 Å². The fourth-order valence-electron chi connectivity index (χ4n) is 2.67. The van der Waals surface area contributed by atoms with E-state index in [0.29, 0.717) is 29.1 Å². The van der Waals surface area contributed by atoms with Crippen LogP contribution < -0.4 is 10.5 Å². The number of carboxylic acid groups (broad SMARTS) is 1. The van der Waals surface area contributed by atoms with Crippen LogP contribution in [0.4, 0.5) is 5.69 Å². The zero-order chi connectivity index (χ0) is 18.8. The average Bonchev–Trinajstić information content (AvgIpc) is 2.92. The SMILES string of the molecule is Cc1nc(-c2cc3ccc(N(C)CCCC(=O)O)cc3oc2=O)sc1C. The van der Waals surface area contributed by atoms with E-state index in [2.05, 4.69) is 4.98 Å². The van der Waals surface area contributed by atoms with Gasteiger partial charge >= 0.3 is 11.6 Å². The number of fused-ring (bicyclic) bond motifs is 1. The molecule has 3 rings (SSSR count). The predicted octanol–water partition coefficient (Wildman–Crippen LogP) is 3.83. The third-order valence-electron chi connectivity index (χ3n) is 4.30. The first-order valence-electron chi connectivity index (χ1n) is 8.30. The van der Waals surface area contributed by atoms with Gasteiger partial charge in [-0.2, -0.15) is 0 Å². The molecule has 0 aliphatic rings. The Bertz CT molecular complexity index is 1000. The van der Waals surface area contributed by atoms with Crippen LogP contribution in [0.2, 0.25) is 0 Å². The van der Waals surface area contributed by atoms with Crippen LogP contribution in [0.15, 0.2) is 33.5 Å². The molecule has 7 heteroatoms. The minimum absolute atomic E-state index is 0.128. The highest BCUT2D eigenvalue weighted by Gasteiger charge is 2.14. The number of aliphatic carboxylic acids is 1. The molecule has 136 valence electrons. The monoisotopic (exact) mass is 372 g/mol. The summed E-state index contributed by atoms with van der Waals surface area (Å²) in [7, 11) is 1.89. The number of rotatable bonds is 6. The normalized spacial score (nSPS) is 11.0. The minimum Gasteiger partial charge on any atom is -0.481 e. The number of benzene rings is 1. The molecule has 6 nitrogen and oxygen atoms in total. The van der Waals surface area contributed by atoms with Gasteiger partial charge in [-0.25, -0.2) is 9.78 Å². The fraction of sp³-hybridized carbons (Fsp3) is 0.316. The first kappa shape index (κ1) is 18.1. The van der Waals surface area contributed by atoms with E-state index in [-0.39, 0.29) is 6.42 Å². The number of carbonyl (C=O) groups is 1. The molecule has 1 N–H and O–H groups in total. The van der Waals surface area contributed by atoms with Crippen molar-refractivity contribution >= 4 is 34.0 Å². The van der Waals surface area contributed by atoms with Crippen molar-refractivity contribution in [3.05, 3.63) is 45.3 Å². The quantitative estimate of drug-likeness (QED) is 0.662. The number of thiazole rings is 1. The first-order chi connectivity index (χ1) is 12.3. The first-order valence-corrected chi connectivity index (χ1v) is 9.12. The maximum atomic E-state index is 12.4. The largest absolute Gasteiger partial charge is 0.481 e. The molecule has 3 aromatic rings. The summed E-state index contributed by atoms with van der Waals surface area (Å²) in [6, 6.07) is 7.45. The lowest BCUT2D eigenvalue weighted by Gasteiger charge is -2.19. The van der Waals surface area contributed by atoms with E-state index in [1.807, 2.05) is 44.0 Å². The van der Waals surface area contributed by atoms with Gasteiger partial charge in [0, 0.05) is 42.0 Å². The van der Waals surface area contributed by atoms with Crippen molar-refractivity contribution in [2.24, 2.45) is 0 Å². The second-order valence-electron chi connectivity index (χ2n) is 6.25. The van der Waals surface area contributed by atoms with Crippen molar-refractivity contribution in [2.45, 2.75) is 26.7 Å². The molecule has 0 aliphatic heterocycles. The van der Waals surface area contributed by atoms with E-state index in [1.165, 1.54) is 11.3 Å². The van der Waals surface area contributed by atoms with Crippen molar-refractivity contribution < 1.29 is 14.3 Å².